The van der Waals surface area contributed by atoms with E-state index in [4.69, 9.17) is 23.2 Å². The summed E-state index contributed by atoms with van der Waals surface area (Å²) in [6.45, 7) is 3.70. The van der Waals surface area contributed by atoms with Crippen LogP contribution in [0.4, 0.5) is 0 Å². The van der Waals surface area contributed by atoms with E-state index in [1.807, 2.05) is 0 Å². The molecule has 0 aliphatic rings. The van der Waals surface area contributed by atoms with Crippen molar-refractivity contribution in [2.75, 3.05) is 19.6 Å². The van der Waals surface area contributed by atoms with Gasteiger partial charge in [-0.15, -0.1) is 0 Å². The quantitative estimate of drug-likeness (QED) is 0.864. The standard InChI is InChI=1S/C12H16Cl2N2O3S/c1-3-15-11(17)8-16(4-2)20(18,19)12-9(13)6-5-7-10(12)14/h5-7H,3-4,8H2,1-2H3,(H,15,17). The van der Waals surface area contributed by atoms with Gasteiger partial charge in [0.2, 0.25) is 15.9 Å². The predicted molar refractivity (Wildman–Crippen MR) is 79.6 cm³/mol. The van der Waals surface area contributed by atoms with E-state index in [-0.39, 0.29) is 33.9 Å². The van der Waals surface area contributed by atoms with Gasteiger partial charge in [0.1, 0.15) is 4.90 Å². The monoisotopic (exact) mass is 338 g/mol. The molecule has 1 rings (SSSR count). The summed E-state index contributed by atoms with van der Waals surface area (Å²) >= 11 is 11.8. The zero-order valence-electron chi connectivity index (χ0n) is 11.2. The van der Waals surface area contributed by atoms with Crippen LogP contribution in [0.3, 0.4) is 0 Å². The smallest absolute Gasteiger partial charge is 0.246 e. The van der Waals surface area contributed by atoms with Gasteiger partial charge in [0.05, 0.1) is 16.6 Å². The highest BCUT2D eigenvalue weighted by Gasteiger charge is 2.29. The van der Waals surface area contributed by atoms with Crippen LogP contribution in [-0.2, 0) is 14.8 Å². The average molecular weight is 339 g/mol. The predicted octanol–water partition coefficient (Wildman–Crippen LogP) is 2.14. The van der Waals surface area contributed by atoms with Crippen molar-refractivity contribution in [3.63, 3.8) is 0 Å². The molecule has 0 saturated carbocycles. The summed E-state index contributed by atoms with van der Waals surface area (Å²) in [5.74, 6) is -0.374. The van der Waals surface area contributed by atoms with Crippen LogP contribution in [0, 0.1) is 0 Å². The van der Waals surface area contributed by atoms with Crippen molar-refractivity contribution in [3.8, 4) is 0 Å². The zero-order chi connectivity index (χ0) is 15.3. The molecule has 1 aromatic carbocycles. The number of carbonyl (C=O) groups is 1. The van der Waals surface area contributed by atoms with Gasteiger partial charge in [-0.25, -0.2) is 8.42 Å². The fourth-order valence-corrected chi connectivity index (χ4v) is 4.13. The third-order valence-electron chi connectivity index (χ3n) is 2.56. The highest BCUT2D eigenvalue weighted by atomic mass is 35.5. The second kappa shape index (κ2) is 7.26. The van der Waals surface area contributed by atoms with Gasteiger partial charge in [-0.1, -0.05) is 36.2 Å². The summed E-state index contributed by atoms with van der Waals surface area (Å²) in [6, 6.07) is 4.45. The van der Waals surface area contributed by atoms with Crippen molar-refractivity contribution < 1.29 is 13.2 Å². The Bertz CT molecular complexity index is 570. The first-order valence-corrected chi connectivity index (χ1v) is 8.25. The maximum atomic E-state index is 12.5. The molecule has 8 heteroatoms. The van der Waals surface area contributed by atoms with E-state index in [0.717, 1.165) is 4.31 Å². The highest BCUT2D eigenvalue weighted by molar-refractivity contribution is 7.89. The maximum Gasteiger partial charge on any atom is 0.246 e. The SMILES string of the molecule is CCNC(=O)CN(CC)S(=O)(=O)c1c(Cl)cccc1Cl. The second-order valence-electron chi connectivity index (χ2n) is 3.94. The van der Waals surface area contributed by atoms with Crippen LogP contribution in [0.15, 0.2) is 23.1 Å². The van der Waals surface area contributed by atoms with Crippen LogP contribution in [-0.4, -0.2) is 38.3 Å². The lowest BCUT2D eigenvalue weighted by atomic mass is 10.4. The van der Waals surface area contributed by atoms with Crippen LogP contribution < -0.4 is 5.32 Å². The number of hydrogen-bond acceptors (Lipinski definition) is 3. The van der Waals surface area contributed by atoms with Crippen LogP contribution in [0.1, 0.15) is 13.8 Å². The van der Waals surface area contributed by atoms with Gasteiger partial charge in [-0.05, 0) is 19.1 Å². The summed E-state index contributed by atoms with van der Waals surface area (Å²) in [5.41, 5.74) is 0. The molecule has 1 amide bonds. The number of likely N-dealkylation sites (N-methyl/N-ethyl adjacent to an activating group) is 2. The average Bonchev–Trinajstić information content (AvgIpc) is 2.35. The van der Waals surface area contributed by atoms with E-state index in [2.05, 4.69) is 5.32 Å². The molecule has 0 heterocycles. The van der Waals surface area contributed by atoms with Gasteiger partial charge in [-0.3, -0.25) is 4.79 Å². The number of carbonyl (C=O) groups excluding carboxylic acids is 1. The number of rotatable bonds is 6. The summed E-state index contributed by atoms with van der Waals surface area (Å²) in [4.78, 5) is 11.4. The molecular weight excluding hydrogens is 323 g/mol. The van der Waals surface area contributed by atoms with Gasteiger partial charge in [0.15, 0.2) is 0 Å². The lowest BCUT2D eigenvalue weighted by Gasteiger charge is -2.21. The van der Waals surface area contributed by atoms with Crippen molar-refractivity contribution in [1.82, 2.24) is 9.62 Å². The van der Waals surface area contributed by atoms with Crippen LogP contribution >= 0.6 is 23.2 Å². The Balaban J connectivity index is 3.16. The minimum absolute atomic E-state index is 0.0341. The fourth-order valence-electron chi connectivity index (χ4n) is 1.64. The van der Waals surface area contributed by atoms with Gasteiger partial charge in [0.25, 0.3) is 0 Å². The number of benzene rings is 1. The Morgan fingerprint density at radius 1 is 1.25 bits per heavy atom. The summed E-state index contributed by atoms with van der Waals surface area (Å²) in [5, 5.41) is 2.62. The number of hydrogen-bond donors (Lipinski definition) is 1. The van der Waals surface area contributed by atoms with Crippen LogP contribution in [0.2, 0.25) is 10.0 Å². The summed E-state index contributed by atoms with van der Waals surface area (Å²) < 4.78 is 26.1. The number of sulfonamides is 1. The first-order valence-electron chi connectivity index (χ1n) is 6.05. The van der Waals surface area contributed by atoms with Crippen LogP contribution in [0.5, 0.6) is 0 Å². The Labute approximate surface area is 128 Å². The van der Waals surface area contributed by atoms with E-state index in [1.54, 1.807) is 19.9 Å². The third-order valence-corrected chi connectivity index (χ3v) is 5.44. The molecule has 0 aliphatic heterocycles. The Morgan fingerprint density at radius 3 is 2.25 bits per heavy atom. The number of amides is 1. The van der Waals surface area contributed by atoms with E-state index < -0.39 is 10.0 Å². The molecule has 0 atom stereocenters. The van der Waals surface area contributed by atoms with Crippen molar-refractivity contribution in [1.29, 1.82) is 0 Å². The Hall–Kier alpha value is -0.820. The molecule has 20 heavy (non-hydrogen) atoms. The molecule has 0 radical (unpaired) electrons. The number of nitrogens with zero attached hydrogens (tertiary/aromatic N) is 1. The van der Waals surface area contributed by atoms with Crippen molar-refractivity contribution in [3.05, 3.63) is 28.2 Å². The van der Waals surface area contributed by atoms with Crippen molar-refractivity contribution in [2.24, 2.45) is 0 Å². The second-order valence-corrected chi connectivity index (χ2v) is 6.62. The molecule has 112 valence electrons. The van der Waals surface area contributed by atoms with E-state index >= 15 is 0 Å². The zero-order valence-corrected chi connectivity index (χ0v) is 13.5. The maximum absolute atomic E-state index is 12.5. The minimum atomic E-state index is -3.92. The van der Waals surface area contributed by atoms with Crippen LogP contribution in [0.25, 0.3) is 0 Å². The first-order chi connectivity index (χ1) is 9.34. The van der Waals surface area contributed by atoms with Gasteiger partial charge in [-0.2, -0.15) is 4.31 Å². The molecule has 0 bridgehead atoms. The molecule has 0 aromatic heterocycles. The largest absolute Gasteiger partial charge is 0.355 e. The van der Waals surface area contributed by atoms with Crippen molar-refractivity contribution >= 4 is 39.1 Å². The topological polar surface area (TPSA) is 66.5 Å². The molecule has 0 spiro atoms. The van der Waals surface area contributed by atoms with E-state index in [9.17, 15) is 13.2 Å². The normalized spacial score (nSPS) is 11.7. The molecule has 0 fully saturated rings. The van der Waals surface area contributed by atoms with Crippen molar-refractivity contribution in [2.45, 2.75) is 18.7 Å². The Kier molecular flexibility index (Phi) is 6.26. The highest BCUT2D eigenvalue weighted by Crippen LogP contribution is 2.31. The molecule has 0 aliphatic carbocycles. The molecule has 0 saturated heterocycles. The number of halogens is 2. The number of nitrogens with one attached hydrogen (secondary N) is 1. The third kappa shape index (κ3) is 3.85. The van der Waals surface area contributed by atoms with Gasteiger partial charge in [0, 0.05) is 13.1 Å². The van der Waals surface area contributed by atoms with E-state index in [1.165, 1.54) is 12.1 Å². The lowest BCUT2D eigenvalue weighted by molar-refractivity contribution is -0.121. The Morgan fingerprint density at radius 2 is 1.80 bits per heavy atom. The molecule has 1 aromatic rings. The lowest BCUT2D eigenvalue weighted by Crippen LogP contribution is -2.40. The fraction of sp³-hybridized carbons (Fsp3) is 0.417. The molecule has 5 nitrogen and oxygen atoms in total. The first kappa shape index (κ1) is 17.2. The molecule has 1 N–H and O–H groups in total. The summed E-state index contributed by atoms with van der Waals surface area (Å²) in [6.07, 6.45) is 0. The minimum Gasteiger partial charge on any atom is -0.355 e. The summed E-state index contributed by atoms with van der Waals surface area (Å²) in [7, 11) is -3.92. The molecular formula is C12H16Cl2N2O3S. The van der Waals surface area contributed by atoms with Gasteiger partial charge < -0.3 is 5.32 Å². The molecule has 0 unspecified atom stereocenters. The van der Waals surface area contributed by atoms with Gasteiger partial charge >= 0.3 is 0 Å². The van der Waals surface area contributed by atoms with E-state index in [0.29, 0.717) is 6.54 Å².